The predicted octanol–water partition coefficient (Wildman–Crippen LogP) is 2.68. The number of rotatable bonds is 5. The van der Waals surface area contributed by atoms with Gasteiger partial charge in [0.25, 0.3) is 11.9 Å². The lowest BCUT2D eigenvalue weighted by atomic mass is 10.1. The normalized spacial score (nSPS) is 10.7. The monoisotopic (exact) mass is 325 g/mol. The minimum atomic E-state index is -2.16. The lowest BCUT2D eigenvalue weighted by Gasteiger charge is -2.13. The van der Waals surface area contributed by atoms with Crippen LogP contribution in [0.4, 0.5) is 0 Å². The van der Waals surface area contributed by atoms with Gasteiger partial charge in [-0.05, 0) is 17.2 Å². The maximum atomic E-state index is 11.2. The number of hydrogen-bond acceptors (Lipinski definition) is 4. The molecular formula is C18H17O4Si. The highest BCUT2D eigenvalue weighted by molar-refractivity contribution is 6.64. The molecular weight excluding hydrogens is 308 g/mol. The third-order valence-electron chi connectivity index (χ3n) is 2.86. The molecule has 5 heteroatoms. The summed E-state index contributed by atoms with van der Waals surface area (Å²) in [4.78, 5) is 22.4. The van der Waals surface area contributed by atoms with Gasteiger partial charge in [-0.2, -0.15) is 0 Å². The van der Waals surface area contributed by atoms with Crippen LogP contribution in [0.2, 0.25) is 0 Å². The molecule has 1 radical (unpaired) electrons. The van der Waals surface area contributed by atoms with E-state index in [1.807, 2.05) is 60.7 Å². The van der Waals surface area contributed by atoms with Crippen molar-refractivity contribution in [3.8, 4) is 0 Å². The maximum Gasteiger partial charge on any atom is 0.576 e. The van der Waals surface area contributed by atoms with Gasteiger partial charge in [-0.25, -0.2) is 0 Å². The first kappa shape index (κ1) is 16.7. The topological polar surface area (TPSA) is 52.6 Å². The van der Waals surface area contributed by atoms with Crippen molar-refractivity contribution < 1.29 is 18.4 Å². The first-order valence-corrected chi connectivity index (χ1v) is 8.43. The van der Waals surface area contributed by atoms with E-state index in [0.29, 0.717) is 5.19 Å². The van der Waals surface area contributed by atoms with Crippen LogP contribution in [-0.4, -0.2) is 21.2 Å². The van der Waals surface area contributed by atoms with Crippen molar-refractivity contribution >= 4 is 38.6 Å². The largest absolute Gasteiger partial charge is 0.576 e. The van der Waals surface area contributed by atoms with Gasteiger partial charge in [0.2, 0.25) is 0 Å². The summed E-state index contributed by atoms with van der Waals surface area (Å²) < 4.78 is 10.3. The molecule has 2 rings (SSSR count). The molecule has 0 N–H and O–H groups in total. The molecule has 0 aliphatic carbocycles. The third-order valence-corrected chi connectivity index (χ3v) is 4.59. The Morgan fingerprint density at radius 2 is 1.39 bits per heavy atom. The molecule has 0 aliphatic heterocycles. The molecule has 0 heterocycles. The SMILES string of the molecule is CC(=O)O[Si](OC(C)=O)c1cccc(C=Cc2ccccc2)c1. The van der Waals surface area contributed by atoms with Crippen LogP contribution < -0.4 is 5.19 Å². The van der Waals surface area contributed by atoms with E-state index in [9.17, 15) is 9.59 Å². The van der Waals surface area contributed by atoms with E-state index in [4.69, 9.17) is 8.85 Å². The van der Waals surface area contributed by atoms with Gasteiger partial charge >= 0.3 is 9.28 Å². The molecule has 0 spiro atoms. The number of carbonyl (C=O) groups excluding carboxylic acids is 2. The summed E-state index contributed by atoms with van der Waals surface area (Å²) in [7, 11) is -2.16. The first-order valence-electron chi connectivity index (χ1n) is 7.12. The molecule has 0 fully saturated rings. The highest BCUT2D eigenvalue weighted by Crippen LogP contribution is 2.08. The van der Waals surface area contributed by atoms with Crippen LogP contribution in [0.25, 0.3) is 12.2 Å². The van der Waals surface area contributed by atoms with E-state index in [0.717, 1.165) is 11.1 Å². The Kier molecular flexibility index (Phi) is 5.88. The molecule has 0 unspecified atom stereocenters. The Bertz CT molecular complexity index is 694. The van der Waals surface area contributed by atoms with Gasteiger partial charge in [0.1, 0.15) is 0 Å². The van der Waals surface area contributed by atoms with Gasteiger partial charge in [0, 0.05) is 19.0 Å². The summed E-state index contributed by atoms with van der Waals surface area (Å²) in [5, 5.41) is 0.704. The fourth-order valence-corrected chi connectivity index (χ4v) is 3.24. The Morgan fingerprint density at radius 3 is 2.00 bits per heavy atom. The molecule has 23 heavy (non-hydrogen) atoms. The Morgan fingerprint density at radius 1 is 0.826 bits per heavy atom. The van der Waals surface area contributed by atoms with E-state index in [2.05, 4.69) is 0 Å². The van der Waals surface area contributed by atoms with Crippen molar-refractivity contribution in [2.45, 2.75) is 13.8 Å². The van der Waals surface area contributed by atoms with E-state index >= 15 is 0 Å². The van der Waals surface area contributed by atoms with Crippen LogP contribution in [0.5, 0.6) is 0 Å². The lowest BCUT2D eigenvalue weighted by Crippen LogP contribution is -2.39. The fourth-order valence-electron chi connectivity index (χ4n) is 1.93. The van der Waals surface area contributed by atoms with Gasteiger partial charge in [-0.3, -0.25) is 9.59 Å². The average molecular weight is 325 g/mol. The van der Waals surface area contributed by atoms with Crippen molar-refractivity contribution in [2.75, 3.05) is 0 Å². The average Bonchev–Trinajstić information content (AvgIpc) is 2.53. The molecule has 0 amide bonds. The fraction of sp³-hybridized carbons (Fsp3) is 0.111. The van der Waals surface area contributed by atoms with E-state index in [1.54, 1.807) is 6.07 Å². The van der Waals surface area contributed by atoms with Crippen LogP contribution in [0.15, 0.2) is 54.6 Å². The smallest absolute Gasteiger partial charge is 0.480 e. The van der Waals surface area contributed by atoms with Gasteiger partial charge in [-0.15, -0.1) is 0 Å². The predicted molar refractivity (Wildman–Crippen MR) is 90.7 cm³/mol. The zero-order valence-corrected chi connectivity index (χ0v) is 14.0. The van der Waals surface area contributed by atoms with Crippen LogP contribution in [0.3, 0.4) is 0 Å². The molecule has 0 bridgehead atoms. The standard InChI is InChI=1S/C18H17O4Si/c1-14(19)21-23(22-15(2)20)18-10-6-9-17(13-18)12-11-16-7-4-3-5-8-16/h3-13H,1-2H3. The number of carbonyl (C=O) groups is 2. The summed E-state index contributed by atoms with van der Waals surface area (Å²) in [6.45, 7) is 2.60. The first-order chi connectivity index (χ1) is 11.0. The van der Waals surface area contributed by atoms with Crippen molar-refractivity contribution in [3.05, 3.63) is 65.7 Å². The molecule has 0 saturated heterocycles. The second-order valence-corrected chi connectivity index (χ2v) is 6.40. The maximum absolute atomic E-state index is 11.2. The van der Waals surface area contributed by atoms with Gasteiger partial charge in [0.15, 0.2) is 0 Å². The highest BCUT2D eigenvalue weighted by Gasteiger charge is 2.26. The minimum absolute atomic E-state index is 0.467. The van der Waals surface area contributed by atoms with E-state index in [1.165, 1.54) is 13.8 Å². The Hall–Kier alpha value is -2.66. The van der Waals surface area contributed by atoms with E-state index < -0.39 is 21.2 Å². The zero-order valence-electron chi connectivity index (χ0n) is 13.0. The van der Waals surface area contributed by atoms with Crippen LogP contribution in [-0.2, 0) is 18.4 Å². The molecule has 0 atom stereocenters. The molecule has 4 nitrogen and oxygen atoms in total. The molecule has 0 aliphatic rings. The van der Waals surface area contributed by atoms with Crippen molar-refractivity contribution in [2.24, 2.45) is 0 Å². The van der Waals surface area contributed by atoms with Gasteiger partial charge in [0.05, 0.1) is 0 Å². The molecule has 0 aromatic heterocycles. The van der Waals surface area contributed by atoms with Crippen LogP contribution in [0, 0.1) is 0 Å². The van der Waals surface area contributed by atoms with Gasteiger partial charge < -0.3 is 8.85 Å². The molecule has 2 aromatic carbocycles. The number of hydrogen-bond donors (Lipinski definition) is 0. The molecule has 117 valence electrons. The Balaban J connectivity index is 2.21. The Labute approximate surface area is 137 Å². The lowest BCUT2D eigenvalue weighted by molar-refractivity contribution is -0.137. The van der Waals surface area contributed by atoms with Crippen molar-refractivity contribution in [1.29, 1.82) is 0 Å². The summed E-state index contributed by atoms with van der Waals surface area (Å²) in [5.41, 5.74) is 2.02. The summed E-state index contributed by atoms with van der Waals surface area (Å²) in [5.74, 6) is -0.935. The van der Waals surface area contributed by atoms with Crippen molar-refractivity contribution in [1.82, 2.24) is 0 Å². The molecule has 0 saturated carbocycles. The van der Waals surface area contributed by atoms with Crippen LogP contribution >= 0.6 is 0 Å². The van der Waals surface area contributed by atoms with Crippen LogP contribution in [0.1, 0.15) is 25.0 Å². The molecule has 2 aromatic rings. The summed E-state index contributed by atoms with van der Waals surface area (Å²) in [6.07, 6.45) is 3.95. The summed E-state index contributed by atoms with van der Waals surface area (Å²) >= 11 is 0. The van der Waals surface area contributed by atoms with Crippen molar-refractivity contribution in [3.63, 3.8) is 0 Å². The van der Waals surface area contributed by atoms with E-state index in [-0.39, 0.29) is 0 Å². The highest BCUT2D eigenvalue weighted by atomic mass is 28.3. The zero-order chi connectivity index (χ0) is 16.7. The van der Waals surface area contributed by atoms with Gasteiger partial charge in [-0.1, -0.05) is 60.7 Å². The second-order valence-electron chi connectivity index (χ2n) is 4.84. The minimum Gasteiger partial charge on any atom is -0.480 e. The quantitative estimate of drug-likeness (QED) is 0.626. The second kappa shape index (κ2) is 8.10. The summed E-state index contributed by atoms with van der Waals surface area (Å²) in [6, 6.07) is 17.4. The third kappa shape index (κ3) is 5.56. The number of benzene rings is 2.